The molecule has 0 radical (unpaired) electrons. The largest absolute Gasteiger partial charge is 0.504 e. The summed E-state index contributed by atoms with van der Waals surface area (Å²) in [5.74, 6) is 1.27. The average molecular weight is 419 g/mol. The van der Waals surface area contributed by atoms with E-state index in [-0.39, 0.29) is 29.6 Å². The number of carbonyl (C=O) groups excluding carboxylic acids is 1. The van der Waals surface area contributed by atoms with Gasteiger partial charge in [-0.1, -0.05) is 6.07 Å². The van der Waals surface area contributed by atoms with Crippen molar-refractivity contribution < 1.29 is 24.5 Å². The lowest BCUT2D eigenvalue weighted by Crippen LogP contribution is -2.39. The highest BCUT2D eigenvalue weighted by Gasteiger charge is 2.41. The molecule has 1 aromatic carbocycles. The summed E-state index contributed by atoms with van der Waals surface area (Å²) in [4.78, 5) is 24.7. The van der Waals surface area contributed by atoms with E-state index in [0.717, 1.165) is 17.1 Å². The molecule has 3 rings (SSSR count). The van der Waals surface area contributed by atoms with Gasteiger partial charge in [-0.25, -0.2) is 0 Å². The fourth-order valence-electron chi connectivity index (χ4n) is 3.65. The molecule has 156 valence electrons. The molecule has 0 saturated carbocycles. The maximum absolute atomic E-state index is 12.7. The fourth-order valence-corrected chi connectivity index (χ4v) is 4.92. The molecule has 1 saturated heterocycles. The molecule has 4 N–H and O–H groups in total. The number of amides is 1. The summed E-state index contributed by atoms with van der Waals surface area (Å²) in [5, 5.41) is 32.1. The van der Waals surface area contributed by atoms with Gasteiger partial charge in [-0.2, -0.15) is 11.8 Å². The van der Waals surface area contributed by atoms with Gasteiger partial charge in [0.1, 0.15) is 5.76 Å². The number of aromatic hydroxyl groups is 3. The zero-order valence-corrected chi connectivity index (χ0v) is 17.1. The van der Waals surface area contributed by atoms with Crippen LogP contribution in [0.25, 0.3) is 0 Å². The number of rotatable bonds is 6. The van der Waals surface area contributed by atoms with Crippen LogP contribution in [-0.2, 0) is 16.6 Å². The molecule has 0 bridgehead atoms. The number of hydrogen-bond acceptors (Lipinski definition) is 7. The fraction of sp³-hybridized carbons (Fsp3) is 0.429. The van der Waals surface area contributed by atoms with Gasteiger partial charge >= 0.3 is 0 Å². The molecule has 2 heterocycles. The van der Waals surface area contributed by atoms with E-state index in [4.69, 9.17) is 4.42 Å². The highest BCUT2D eigenvalue weighted by Crippen LogP contribution is 2.43. The molecule has 0 atom stereocenters. The monoisotopic (exact) mass is 419 g/mol. The lowest BCUT2D eigenvalue weighted by molar-refractivity contribution is -0.122. The normalized spacial score (nSPS) is 15.8. The van der Waals surface area contributed by atoms with Crippen LogP contribution in [-0.4, -0.2) is 39.3 Å². The molecule has 1 amide bonds. The first-order valence-electron chi connectivity index (χ1n) is 9.50. The summed E-state index contributed by atoms with van der Waals surface area (Å²) in [7, 11) is 0. The SMILES string of the molecule is Cc1cc(=O)c(O)c(C2(CC(=O)NCCc3ccc(O)c(O)c3)CCSCC2)o1. The van der Waals surface area contributed by atoms with Crippen molar-refractivity contribution in [1.82, 2.24) is 5.32 Å². The Balaban J connectivity index is 1.71. The van der Waals surface area contributed by atoms with Crippen LogP contribution in [0.3, 0.4) is 0 Å². The summed E-state index contributed by atoms with van der Waals surface area (Å²) in [6.07, 6.45) is 1.88. The molecule has 1 aliphatic heterocycles. The Morgan fingerprint density at radius 2 is 1.90 bits per heavy atom. The first-order valence-corrected chi connectivity index (χ1v) is 10.7. The molecular formula is C21H25NO6S. The molecule has 1 aromatic heterocycles. The number of phenolic OH excluding ortho intramolecular Hbond substituents is 2. The van der Waals surface area contributed by atoms with E-state index >= 15 is 0 Å². The minimum atomic E-state index is -0.707. The number of hydrogen-bond donors (Lipinski definition) is 4. The molecule has 1 aliphatic rings. The van der Waals surface area contributed by atoms with E-state index in [1.807, 2.05) is 0 Å². The molecule has 29 heavy (non-hydrogen) atoms. The maximum atomic E-state index is 12.7. The second-order valence-electron chi connectivity index (χ2n) is 7.39. The van der Waals surface area contributed by atoms with Crippen LogP contribution in [0.4, 0.5) is 0 Å². The third-order valence-electron chi connectivity index (χ3n) is 5.25. The molecule has 0 aliphatic carbocycles. The zero-order chi connectivity index (χ0) is 21.0. The van der Waals surface area contributed by atoms with Crippen LogP contribution in [0, 0.1) is 6.92 Å². The Morgan fingerprint density at radius 3 is 2.59 bits per heavy atom. The van der Waals surface area contributed by atoms with Crippen molar-refractivity contribution in [3.63, 3.8) is 0 Å². The summed E-state index contributed by atoms with van der Waals surface area (Å²) < 4.78 is 5.74. The summed E-state index contributed by atoms with van der Waals surface area (Å²) in [5.41, 5.74) is -0.415. The smallest absolute Gasteiger partial charge is 0.227 e. The Labute approximate surface area is 172 Å². The topological polar surface area (TPSA) is 120 Å². The predicted octanol–water partition coefficient (Wildman–Crippen LogP) is 2.58. The van der Waals surface area contributed by atoms with Crippen molar-refractivity contribution in [2.24, 2.45) is 0 Å². The Kier molecular flexibility index (Phi) is 6.42. The van der Waals surface area contributed by atoms with E-state index in [9.17, 15) is 24.9 Å². The summed E-state index contributed by atoms with van der Waals surface area (Å²) >= 11 is 1.77. The lowest BCUT2D eigenvalue weighted by atomic mass is 9.75. The van der Waals surface area contributed by atoms with Crippen molar-refractivity contribution in [2.45, 2.75) is 38.0 Å². The molecule has 1 fully saturated rings. The van der Waals surface area contributed by atoms with Crippen molar-refractivity contribution in [2.75, 3.05) is 18.1 Å². The Hall–Kier alpha value is -2.61. The molecule has 2 aromatic rings. The summed E-state index contributed by atoms with van der Waals surface area (Å²) in [6, 6.07) is 5.79. The highest BCUT2D eigenvalue weighted by atomic mass is 32.2. The van der Waals surface area contributed by atoms with Crippen LogP contribution in [0.2, 0.25) is 0 Å². The van der Waals surface area contributed by atoms with Gasteiger partial charge in [-0.3, -0.25) is 9.59 Å². The predicted molar refractivity (Wildman–Crippen MR) is 111 cm³/mol. The van der Waals surface area contributed by atoms with Gasteiger partial charge in [0.05, 0.1) is 0 Å². The molecule has 0 unspecified atom stereocenters. The Bertz CT molecular complexity index is 949. The van der Waals surface area contributed by atoms with Gasteiger partial charge in [-0.15, -0.1) is 0 Å². The maximum Gasteiger partial charge on any atom is 0.227 e. The highest BCUT2D eigenvalue weighted by molar-refractivity contribution is 7.99. The standard InChI is InChI=1S/C21H25NO6S/c1-13-10-17(25)19(27)20(28-13)21(5-8-29-9-6-21)12-18(26)22-7-4-14-2-3-15(23)16(24)11-14/h2-3,10-11,23-24,27H,4-9,12H2,1H3,(H,22,26). The van der Waals surface area contributed by atoms with Crippen molar-refractivity contribution >= 4 is 17.7 Å². The van der Waals surface area contributed by atoms with E-state index in [2.05, 4.69) is 5.32 Å². The van der Waals surface area contributed by atoms with Gasteiger partial charge in [0, 0.05) is 24.4 Å². The van der Waals surface area contributed by atoms with Crippen molar-refractivity contribution in [1.29, 1.82) is 0 Å². The van der Waals surface area contributed by atoms with Crippen LogP contribution in [0.15, 0.2) is 33.5 Å². The average Bonchev–Trinajstić information content (AvgIpc) is 2.68. The molecule has 0 spiro atoms. The number of aryl methyl sites for hydroxylation is 1. The van der Waals surface area contributed by atoms with Gasteiger partial charge in [0.25, 0.3) is 0 Å². The van der Waals surface area contributed by atoms with Crippen LogP contribution >= 0.6 is 11.8 Å². The molecule has 7 nitrogen and oxygen atoms in total. The Morgan fingerprint density at radius 1 is 1.17 bits per heavy atom. The second-order valence-corrected chi connectivity index (χ2v) is 8.62. The minimum absolute atomic E-state index is 0.119. The molecular weight excluding hydrogens is 394 g/mol. The number of phenols is 2. The lowest BCUT2D eigenvalue weighted by Gasteiger charge is -2.35. The van der Waals surface area contributed by atoms with Crippen LogP contribution < -0.4 is 10.7 Å². The van der Waals surface area contributed by atoms with E-state index in [1.54, 1.807) is 24.8 Å². The summed E-state index contributed by atoms with van der Waals surface area (Å²) in [6.45, 7) is 2.01. The number of thioether (sulfide) groups is 1. The number of carbonyl (C=O) groups is 1. The first-order chi connectivity index (χ1) is 13.8. The van der Waals surface area contributed by atoms with E-state index < -0.39 is 16.6 Å². The van der Waals surface area contributed by atoms with Crippen LogP contribution in [0.5, 0.6) is 17.2 Å². The van der Waals surface area contributed by atoms with Crippen LogP contribution in [0.1, 0.15) is 36.3 Å². The number of benzene rings is 1. The van der Waals surface area contributed by atoms with Crippen molar-refractivity contribution in [3.05, 3.63) is 51.6 Å². The van der Waals surface area contributed by atoms with Gasteiger partial charge < -0.3 is 25.1 Å². The first kappa shape index (κ1) is 21.1. The van der Waals surface area contributed by atoms with E-state index in [1.165, 1.54) is 18.2 Å². The zero-order valence-electron chi connectivity index (χ0n) is 16.2. The van der Waals surface area contributed by atoms with Gasteiger partial charge in [0.2, 0.25) is 17.1 Å². The third-order valence-corrected chi connectivity index (χ3v) is 6.24. The van der Waals surface area contributed by atoms with Gasteiger partial charge in [0.15, 0.2) is 17.3 Å². The second kappa shape index (κ2) is 8.82. The quantitative estimate of drug-likeness (QED) is 0.531. The minimum Gasteiger partial charge on any atom is -0.504 e. The van der Waals surface area contributed by atoms with Crippen molar-refractivity contribution in [3.8, 4) is 17.2 Å². The van der Waals surface area contributed by atoms with Gasteiger partial charge in [-0.05, 0) is 55.4 Å². The number of nitrogens with one attached hydrogen (secondary N) is 1. The molecule has 8 heteroatoms. The van der Waals surface area contributed by atoms with E-state index in [0.29, 0.717) is 31.6 Å². The third kappa shape index (κ3) is 4.87.